The second-order valence-electron chi connectivity index (χ2n) is 4.80. The fraction of sp³-hybridized carbons (Fsp3) is 0.375. The molecule has 0 atom stereocenters. The molecule has 1 heterocycles. The fourth-order valence-corrected chi connectivity index (χ4v) is 2.82. The molecular formula is C16H22N2OS. The zero-order chi connectivity index (χ0) is 14.2. The summed E-state index contributed by atoms with van der Waals surface area (Å²) >= 11 is 1.80. The molecule has 0 radical (unpaired) electrons. The second kappa shape index (κ2) is 8.04. The number of hydrogen-bond donors (Lipinski definition) is 1. The van der Waals surface area contributed by atoms with Gasteiger partial charge in [0.1, 0.15) is 12.4 Å². The number of rotatable bonds is 8. The van der Waals surface area contributed by atoms with Crippen molar-refractivity contribution in [3.8, 4) is 5.75 Å². The van der Waals surface area contributed by atoms with Crippen LogP contribution in [0.15, 0.2) is 41.8 Å². The number of nitrogens with zero attached hydrogens (tertiary/aromatic N) is 1. The highest BCUT2D eigenvalue weighted by Gasteiger charge is 2.04. The maximum absolute atomic E-state index is 5.90. The first-order valence-electron chi connectivity index (χ1n) is 6.86. The van der Waals surface area contributed by atoms with Crippen molar-refractivity contribution in [3.63, 3.8) is 0 Å². The molecule has 1 N–H and O–H groups in total. The van der Waals surface area contributed by atoms with Gasteiger partial charge in [0.15, 0.2) is 0 Å². The molecule has 4 heteroatoms. The van der Waals surface area contributed by atoms with Crippen molar-refractivity contribution in [1.82, 2.24) is 10.2 Å². The molecule has 0 spiro atoms. The molecule has 3 nitrogen and oxygen atoms in total. The molecule has 0 saturated carbocycles. The standard InChI is InChI=1S/C16H22N2OS/c1-17-12-14-6-3-4-8-16(14)19-10-9-18(2)13-15-7-5-11-20-15/h3-8,11,17H,9-10,12-13H2,1-2H3. The van der Waals surface area contributed by atoms with Crippen LogP contribution in [0.25, 0.3) is 0 Å². The quantitative estimate of drug-likeness (QED) is 0.809. The van der Waals surface area contributed by atoms with Crippen LogP contribution in [0.1, 0.15) is 10.4 Å². The molecule has 0 aliphatic carbocycles. The van der Waals surface area contributed by atoms with Crippen LogP contribution in [0.4, 0.5) is 0 Å². The van der Waals surface area contributed by atoms with E-state index in [4.69, 9.17) is 4.74 Å². The minimum absolute atomic E-state index is 0.711. The van der Waals surface area contributed by atoms with Gasteiger partial charge < -0.3 is 10.1 Å². The van der Waals surface area contributed by atoms with Crippen molar-refractivity contribution >= 4 is 11.3 Å². The summed E-state index contributed by atoms with van der Waals surface area (Å²) in [4.78, 5) is 3.68. The summed E-state index contributed by atoms with van der Waals surface area (Å²) < 4.78 is 5.90. The number of nitrogens with one attached hydrogen (secondary N) is 1. The van der Waals surface area contributed by atoms with Gasteiger partial charge in [-0.2, -0.15) is 0 Å². The summed E-state index contributed by atoms with van der Waals surface area (Å²) in [6, 6.07) is 12.5. The molecule has 0 fully saturated rings. The molecule has 0 aliphatic rings. The first-order valence-corrected chi connectivity index (χ1v) is 7.74. The normalized spacial score (nSPS) is 10.9. The molecule has 1 aromatic carbocycles. The fourth-order valence-electron chi connectivity index (χ4n) is 2.04. The third-order valence-electron chi connectivity index (χ3n) is 3.08. The molecule has 2 rings (SSSR count). The van der Waals surface area contributed by atoms with E-state index in [0.29, 0.717) is 6.61 Å². The molecule has 0 amide bonds. The van der Waals surface area contributed by atoms with Gasteiger partial charge in [-0.05, 0) is 31.6 Å². The van der Waals surface area contributed by atoms with E-state index < -0.39 is 0 Å². The van der Waals surface area contributed by atoms with Gasteiger partial charge in [0, 0.05) is 30.1 Å². The molecule has 0 saturated heterocycles. The predicted molar refractivity (Wildman–Crippen MR) is 85.4 cm³/mol. The van der Waals surface area contributed by atoms with E-state index in [-0.39, 0.29) is 0 Å². The second-order valence-corrected chi connectivity index (χ2v) is 5.84. The topological polar surface area (TPSA) is 24.5 Å². The Hall–Kier alpha value is -1.36. The Labute approximate surface area is 125 Å². The molecule has 20 heavy (non-hydrogen) atoms. The van der Waals surface area contributed by atoms with E-state index in [1.807, 2.05) is 25.2 Å². The van der Waals surface area contributed by atoms with Crippen molar-refractivity contribution in [2.45, 2.75) is 13.1 Å². The molecule has 1 aromatic heterocycles. The average Bonchev–Trinajstić information content (AvgIpc) is 2.94. The van der Waals surface area contributed by atoms with E-state index in [1.165, 1.54) is 10.4 Å². The summed E-state index contributed by atoms with van der Waals surface area (Å²) in [6.45, 7) is 3.45. The molecule has 2 aromatic rings. The van der Waals surface area contributed by atoms with E-state index in [9.17, 15) is 0 Å². The zero-order valence-corrected chi connectivity index (χ0v) is 13.0. The average molecular weight is 290 g/mol. The van der Waals surface area contributed by atoms with Crippen LogP contribution in [0.2, 0.25) is 0 Å². The lowest BCUT2D eigenvalue weighted by molar-refractivity contribution is 0.232. The van der Waals surface area contributed by atoms with Crippen LogP contribution < -0.4 is 10.1 Å². The van der Waals surface area contributed by atoms with Gasteiger partial charge in [0.05, 0.1) is 0 Å². The number of likely N-dealkylation sites (N-methyl/N-ethyl adjacent to an activating group) is 1. The Kier molecular flexibility index (Phi) is 6.05. The largest absolute Gasteiger partial charge is 0.492 e. The van der Waals surface area contributed by atoms with Crippen LogP contribution in [0.3, 0.4) is 0 Å². The van der Waals surface area contributed by atoms with Gasteiger partial charge in [-0.3, -0.25) is 4.90 Å². The SMILES string of the molecule is CNCc1ccccc1OCCN(C)Cc1cccs1. The summed E-state index contributed by atoms with van der Waals surface area (Å²) in [6.07, 6.45) is 0. The van der Waals surface area contributed by atoms with Crippen LogP contribution >= 0.6 is 11.3 Å². The van der Waals surface area contributed by atoms with Gasteiger partial charge in [-0.15, -0.1) is 11.3 Å². The molecule has 0 bridgehead atoms. The summed E-state index contributed by atoms with van der Waals surface area (Å²) in [7, 11) is 4.08. The van der Waals surface area contributed by atoms with Gasteiger partial charge in [-0.1, -0.05) is 24.3 Å². The highest BCUT2D eigenvalue weighted by Crippen LogP contribution is 2.17. The molecule has 0 unspecified atom stereocenters. The lowest BCUT2D eigenvalue weighted by Gasteiger charge is -2.17. The molecular weight excluding hydrogens is 268 g/mol. The minimum Gasteiger partial charge on any atom is -0.492 e. The minimum atomic E-state index is 0.711. The van der Waals surface area contributed by atoms with Gasteiger partial charge in [0.25, 0.3) is 0 Å². The van der Waals surface area contributed by atoms with Gasteiger partial charge >= 0.3 is 0 Å². The Morgan fingerprint density at radius 1 is 1.20 bits per heavy atom. The predicted octanol–water partition coefficient (Wildman–Crippen LogP) is 2.98. The Morgan fingerprint density at radius 2 is 2.05 bits per heavy atom. The first kappa shape index (κ1) is 15.0. The number of benzene rings is 1. The van der Waals surface area contributed by atoms with E-state index in [0.717, 1.165) is 25.4 Å². The van der Waals surface area contributed by atoms with Crippen LogP contribution in [0.5, 0.6) is 5.75 Å². The summed E-state index contributed by atoms with van der Waals surface area (Å²) in [5, 5.41) is 5.28. The van der Waals surface area contributed by atoms with Crippen molar-refractivity contribution in [3.05, 3.63) is 52.2 Å². The monoisotopic (exact) mass is 290 g/mol. The Balaban J connectivity index is 1.77. The van der Waals surface area contributed by atoms with Gasteiger partial charge in [0.2, 0.25) is 0 Å². The van der Waals surface area contributed by atoms with Crippen molar-refractivity contribution < 1.29 is 4.74 Å². The van der Waals surface area contributed by atoms with E-state index in [1.54, 1.807) is 11.3 Å². The highest BCUT2D eigenvalue weighted by atomic mass is 32.1. The third kappa shape index (κ3) is 4.63. The zero-order valence-electron chi connectivity index (χ0n) is 12.1. The highest BCUT2D eigenvalue weighted by molar-refractivity contribution is 7.09. The van der Waals surface area contributed by atoms with E-state index >= 15 is 0 Å². The smallest absolute Gasteiger partial charge is 0.123 e. The van der Waals surface area contributed by atoms with E-state index in [2.05, 4.69) is 40.8 Å². The van der Waals surface area contributed by atoms with Crippen LogP contribution in [0, 0.1) is 0 Å². The van der Waals surface area contributed by atoms with Crippen molar-refractivity contribution in [2.24, 2.45) is 0 Å². The van der Waals surface area contributed by atoms with Crippen LogP contribution in [-0.2, 0) is 13.1 Å². The van der Waals surface area contributed by atoms with Crippen molar-refractivity contribution in [1.29, 1.82) is 0 Å². The summed E-state index contributed by atoms with van der Waals surface area (Å²) in [5.41, 5.74) is 1.20. The molecule has 108 valence electrons. The number of ether oxygens (including phenoxy) is 1. The first-order chi connectivity index (χ1) is 9.79. The maximum Gasteiger partial charge on any atom is 0.123 e. The van der Waals surface area contributed by atoms with Crippen molar-refractivity contribution in [2.75, 3.05) is 27.2 Å². The van der Waals surface area contributed by atoms with Gasteiger partial charge in [-0.25, -0.2) is 0 Å². The number of para-hydroxylation sites is 1. The van der Waals surface area contributed by atoms with Crippen LogP contribution in [-0.4, -0.2) is 32.1 Å². The number of thiophene rings is 1. The maximum atomic E-state index is 5.90. The number of hydrogen-bond acceptors (Lipinski definition) is 4. The Morgan fingerprint density at radius 3 is 2.80 bits per heavy atom. The third-order valence-corrected chi connectivity index (χ3v) is 3.94. The summed E-state index contributed by atoms with van der Waals surface area (Å²) in [5.74, 6) is 0.978. The lowest BCUT2D eigenvalue weighted by atomic mass is 10.2. The molecule has 0 aliphatic heterocycles. The lowest BCUT2D eigenvalue weighted by Crippen LogP contribution is -2.23. The Bertz CT molecular complexity index is 499.